The number of nitrogens with zero attached hydrogens (tertiary/aromatic N) is 2. The molecule has 54 valence electrons. The molecule has 0 aliphatic heterocycles. The number of hydrogen-bond donors (Lipinski definition) is 2. The molecule has 0 radical (unpaired) electrons. The second-order valence-corrected chi connectivity index (χ2v) is 2.53. The van der Waals surface area contributed by atoms with Gasteiger partial charge in [0.25, 0.3) is 0 Å². The third-order valence-electron chi connectivity index (χ3n) is 1.000. The minimum atomic E-state index is 0.271. The predicted octanol–water partition coefficient (Wildman–Crippen LogP) is 0.863. The van der Waals surface area contributed by atoms with Gasteiger partial charge in [-0.3, -0.25) is 0 Å². The van der Waals surface area contributed by atoms with E-state index >= 15 is 0 Å². The molecular weight excluding hydrogens is 196 g/mol. The van der Waals surface area contributed by atoms with Crippen LogP contribution < -0.4 is 11.1 Å². The van der Waals surface area contributed by atoms with Crippen molar-refractivity contribution in [1.82, 2.24) is 9.97 Å². The second-order valence-electron chi connectivity index (χ2n) is 1.67. The van der Waals surface area contributed by atoms with E-state index in [4.69, 9.17) is 5.73 Å². The zero-order valence-corrected chi connectivity index (χ0v) is 7.01. The van der Waals surface area contributed by atoms with Crippen molar-refractivity contribution in [1.29, 1.82) is 0 Å². The Hall–Kier alpha value is -0.840. The number of halogens is 1. The molecule has 1 rings (SSSR count). The number of anilines is 2. The van der Waals surface area contributed by atoms with Gasteiger partial charge in [-0.2, -0.15) is 4.98 Å². The first-order chi connectivity index (χ1) is 4.74. The van der Waals surface area contributed by atoms with Crippen LogP contribution in [0.25, 0.3) is 0 Å². The third-order valence-corrected chi connectivity index (χ3v) is 1.58. The standard InChI is InChI=1S/C5H7BrN4/c1-8-4-3(6)2-9-5(7)10-4/h2H,1H3,(H3,7,8,9,10). The molecule has 0 aliphatic rings. The Balaban J connectivity index is 3.09. The first-order valence-electron chi connectivity index (χ1n) is 2.70. The largest absolute Gasteiger partial charge is 0.372 e. The second kappa shape index (κ2) is 2.83. The van der Waals surface area contributed by atoms with Gasteiger partial charge in [0.2, 0.25) is 5.95 Å². The van der Waals surface area contributed by atoms with E-state index in [0.29, 0.717) is 5.82 Å². The highest BCUT2D eigenvalue weighted by Gasteiger charge is 1.98. The van der Waals surface area contributed by atoms with Gasteiger partial charge in [0, 0.05) is 13.2 Å². The van der Waals surface area contributed by atoms with Crippen molar-refractivity contribution < 1.29 is 0 Å². The van der Waals surface area contributed by atoms with Crippen LogP contribution in [0.5, 0.6) is 0 Å². The highest BCUT2D eigenvalue weighted by molar-refractivity contribution is 9.10. The van der Waals surface area contributed by atoms with Gasteiger partial charge in [0.1, 0.15) is 5.82 Å². The van der Waals surface area contributed by atoms with Gasteiger partial charge in [-0.25, -0.2) is 4.98 Å². The summed E-state index contributed by atoms with van der Waals surface area (Å²) in [5, 5.41) is 2.86. The van der Waals surface area contributed by atoms with Crippen molar-refractivity contribution >= 4 is 27.7 Å². The Morgan fingerprint density at radius 2 is 2.40 bits per heavy atom. The quantitative estimate of drug-likeness (QED) is 0.710. The lowest BCUT2D eigenvalue weighted by Gasteiger charge is -2.00. The van der Waals surface area contributed by atoms with Crippen molar-refractivity contribution in [3.05, 3.63) is 10.7 Å². The molecular formula is C5H7BrN4. The van der Waals surface area contributed by atoms with Crippen molar-refractivity contribution in [2.24, 2.45) is 0 Å². The summed E-state index contributed by atoms with van der Waals surface area (Å²) >= 11 is 3.25. The summed E-state index contributed by atoms with van der Waals surface area (Å²) in [6.07, 6.45) is 1.61. The lowest BCUT2D eigenvalue weighted by Crippen LogP contribution is -1.99. The molecule has 4 nitrogen and oxygen atoms in total. The number of nitrogens with one attached hydrogen (secondary N) is 1. The number of nitrogen functional groups attached to an aromatic ring is 1. The van der Waals surface area contributed by atoms with Crippen LogP contribution in [-0.4, -0.2) is 17.0 Å². The van der Waals surface area contributed by atoms with E-state index in [2.05, 4.69) is 31.2 Å². The van der Waals surface area contributed by atoms with Crippen molar-refractivity contribution in [3.8, 4) is 0 Å². The molecule has 0 aliphatic carbocycles. The van der Waals surface area contributed by atoms with E-state index in [9.17, 15) is 0 Å². The van der Waals surface area contributed by atoms with Gasteiger partial charge in [-0.15, -0.1) is 0 Å². The van der Waals surface area contributed by atoms with E-state index in [0.717, 1.165) is 4.47 Å². The summed E-state index contributed by atoms with van der Waals surface area (Å²) in [5.74, 6) is 0.972. The summed E-state index contributed by atoms with van der Waals surface area (Å²) in [5.41, 5.74) is 5.32. The zero-order valence-electron chi connectivity index (χ0n) is 5.43. The molecule has 0 atom stereocenters. The molecule has 5 heteroatoms. The minimum absolute atomic E-state index is 0.271. The molecule has 10 heavy (non-hydrogen) atoms. The molecule has 1 aromatic heterocycles. The first-order valence-corrected chi connectivity index (χ1v) is 3.49. The van der Waals surface area contributed by atoms with E-state index in [1.165, 1.54) is 0 Å². The molecule has 0 aromatic carbocycles. The number of aromatic nitrogens is 2. The molecule has 1 heterocycles. The topological polar surface area (TPSA) is 63.8 Å². The van der Waals surface area contributed by atoms with Crippen molar-refractivity contribution in [2.75, 3.05) is 18.1 Å². The number of hydrogen-bond acceptors (Lipinski definition) is 4. The van der Waals surface area contributed by atoms with Gasteiger partial charge in [-0.05, 0) is 15.9 Å². The molecule has 0 fully saturated rings. The molecule has 0 unspecified atom stereocenters. The molecule has 0 bridgehead atoms. The Morgan fingerprint density at radius 1 is 1.70 bits per heavy atom. The fourth-order valence-corrected chi connectivity index (χ4v) is 0.945. The molecule has 0 spiro atoms. The minimum Gasteiger partial charge on any atom is -0.372 e. The van der Waals surface area contributed by atoms with E-state index < -0.39 is 0 Å². The number of nitrogens with two attached hydrogens (primary N) is 1. The van der Waals surface area contributed by atoms with Gasteiger partial charge in [0.15, 0.2) is 0 Å². The third kappa shape index (κ3) is 1.36. The monoisotopic (exact) mass is 202 g/mol. The van der Waals surface area contributed by atoms with E-state index in [1.54, 1.807) is 13.2 Å². The predicted molar refractivity (Wildman–Crippen MR) is 43.7 cm³/mol. The zero-order chi connectivity index (χ0) is 7.56. The summed E-state index contributed by atoms with van der Waals surface area (Å²) in [4.78, 5) is 7.67. The average Bonchev–Trinajstić information content (AvgIpc) is 1.94. The maximum atomic E-state index is 5.32. The Labute approximate surface area is 67.0 Å². The maximum absolute atomic E-state index is 5.32. The van der Waals surface area contributed by atoms with Crippen LogP contribution in [0, 0.1) is 0 Å². The van der Waals surface area contributed by atoms with Crippen molar-refractivity contribution in [2.45, 2.75) is 0 Å². The van der Waals surface area contributed by atoms with E-state index in [-0.39, 0.29) is 5.95 Å². The summed E-state index contributed by atoms with van der Waals surface area (Å²) in [7, 11) is 1.77. The Bertz CT molecular complexity index is 237. The average molecular weight is 203 g/mol. The summed E-state index contributed by atoms with van der Waals surface area (Å²) in [6, 6.07) is 0. The summed E-state index contributed by atoms with van der Waals surface area (Å²) in [6.45, 7) is 0. The normalized spacial score (nSPS) is 9.40. The van der Waals surface area contributed by atoms with E-state index in [1.807, 2.05) is 0 Å². The first kappa shape index (κ1) is 7.27. The van der Waals surface area contributed by atoms with Crippen LogP contribution in [0.4, 0.5) is 11.8 Å². The molecule has 0 saturated carbocycles. The number of rotatable bonds is 1. The van der Waals surface area contributed by atoms with Crippen LogP contribution in [0.1, 0.15) is 0 Å². The van der Waals surface area contributed by atoms with Crippen molar-refractivity contribution in [3.63, 3.8) is 0 Å². The van der Waals surface area contributed by atoms with Crippen LogP contribution in [0.3, 0.4) is 0 Å². The lowest BCUT2D eigenvalue weighted by molar-refractivity contribution is 1.16. The van der Waals surface area contributed by atoms with Crippen LogP contribution in [0.15, 0.2) is 10.7 Å². The van der Waals surface area contributed by atoms with Gasteiger partial charge in [-0.1, -0.05) is 0 Å². The van der Waals surface area contributed by atoms with Crippen LogP contribution in [0.2, 0.25) is 0 Å². The van der Waals surface area contributed by atoms with Gasteiger partial charge < -0.3 is 11.1 Å². The fourth-order valence-electron chi connectivity index (χ4n) is 0.556. The Morgan fingerprint density at radius 3 is 2.90 bits per heavy atom. The summed E-state index contributed by atoms with van der Waals surface area (Å²) < 4.78 is 0.809. The molecule has 1 aromatic rings. The SMILES string of the molecule is CNc1nc(N)ncc1Br. The van der Waals surface area contributed by atoms with Crippen LogP contribution in [-0.2, 0) is 0 Å². The van der Waals surface area contributed by atoms with Gasteiger partial charge in [0.05, 0.1) is 4.47 Å². The molecule has 3 N–H and O–H groups in total. The highest BCUT2D eigenvalue weighted by Crippen LogP contribution is 2.17. The lowest BCUT2D eigenvalue weighted by atomic mass is 10.6. The van der Waals surface area contributed by atoms with Gasteiger partial charge >= 0.3 is 0 Å². The highest BCUT2D eigenvalue weighted by atomic mass is 79.9. The fraction of sp³-hybridized carbons (Fsp3) is 0.200. The molecule has 0 saturated heterocycles. The Kier molecular flexibility index (Phi) is 2.06. The maximum Gasteiger partial charge on any atom is 0.221 e. The molecule has 0 amide bonds. The van der Waals surface area contributed by atoms with Crippen LogP contribution >= 0.6 is 15.9 Å². The smallest absolute Gasteiger partial charge is 0.221 e.